The number of ether oxygens (including phenoxy) is 2. The number of amides is 1. The normalized spacial score (nSPS) is 16.3. The molecule has 0 spiro atoms. The quantitative estimate of drug-likeness (QED) is 0.799. The second-order valence-corrected chi connectivity index (χ2v) is 6.22. The van der Waals surface area contributed by atoms with Crippen molar-refractivity contribution in [1.82, 2.24) is 10.6 Å². The number of hydrogen-bond donors (Lipinski definition) is 2. The summed E-state index contributed by atoms with van der Waals surface area (Å²) < 4.78 is 24.7. The van der Waals surface area contributed by atoms with E-state index in [-0.39, 0.29) is 24.4 Å². The van der Waals surface area contributed by atoms with Crippen LogP contribution in [0.15, 0.2) is 42.5 Å². The standard InChI is InChI=1S/C20H23FN2O3/c1-25-19-11-16(26-13-15-5-2-3-6-17(15)21)9-8-14(19)12-23-20(24)18-7-4-10-22-18/h2-3,5-6,8-9,11,18,22H,4,7,10,12-13H2,1H3,(H,23,24). The van der Waals surface area contributed by atoms with E-state index in [0.29, 0.717) is 23.6 Å². The second kappa shape index (κ2) is 8.67. The highest BCUT2D eigenvalue weighted by Crippen LogP contribution is 2.25. The largest absolute Gasteiger partial charge is 0.496 e. The third kappa shape index (κ3) is 4.52. The molecule has 138 valence electrons. The molecule has 6 heteroatoms. The molecule has 0 aliphatic carbocycles. The van der Waals surface area contributed by atoms with Gasteiger partial charge in [0.1, 0.15) is 23.9 Å². The number of carbonyl (C=O) groups is 1. The minimum atomic E-state index is -0.292. The van der Waals surface area contributed by atoms with Crippen molar-refractivity contribution >= 4 is 5.91 Å². The molecule has 1 heterocycles. The van der Waals surface area contributed by atoms with E-state index in [2.05, 4.69) is 10.6 Å². The molecular weight excluding hydrogens is 335 g/mol. The summed E-state index contributed by atoms with van der Waals surface area (Å²) in [7, 11) is 1.57. The molecule has 1 unspecified atom stereocenters. The highest BCUT2D eigenvalue weighted by molar-refractivity contribution is 5.82. The fraction of sp³-hybridized carbons (Fsp3) is 0.350. The van der Waals surface area contributed by atoms with Crippen molar-refractivity contribution in [3.8, 4) is 11.5 Å². The van der Waals surface area contributed by atoms with Crippen molar-refractivity contribution in [3.63, 3.8) is 0 Å². The third-order valence-corrected chi connectivity index (χ3v) is 4.44. The lowest BCUT2D eigenvalue weighted by atomic mass is 10.1. The summed E-state index contributed by atoms with van der Waals surface area (Å²) in [4.78, 5) is 12.1. The van der Waals surface area contributed by atoms with Gasteiger partial charge in [-0.05, 0) is 37.6 Å². The molecule has 2 aromatic rings. The minimum absolute atomic E-state index is 0.00410. The van der Waals surface area contributed by atoms with E-state index < -0.39 is 0 Å². The number of halogens is 1. The van der Waals surface area contributed by atoms with Crippen LogP contribution in [0.4, 0.5) is 4.39 Å². The summed E-state index contributed by atoms with van der Waals surface area (Å²) in [6.07, 6.45) is 1.89. The van der Waals surface area contributed by atoms with Crippen LogP contribution in [0, 0.1) is 5.82 Å². The molecule has 0 radical (unpaired) electrons. The van der Waals surface area contributed by atoms with Crippen LogP contribution < -0.4 is 20.1 Å². The number of benzene rings is 2. The van der Waals surface area contributed by atoms with Crippen LogP contribution in [0.1, 0.15) is 24.0 Å². The Kier molecular flexibility index (Phi) is 6.07. The van der Waals surface area contributed by atoms with Gasteiger partial charge < -0.3 is 20.1 Å². The summed E-state index contributed by atoms with van der Waals surface area (Å²) in [6.45, 7) is 1.41. The molecule has 0 saturated carbocycles. The SMILES string of the molecule is COc1cc(OCc2ccccc2F)ccc1CNC(=O)C1CCCN1. The average Bonchev–Trinajstić information content (AvgIpc) is 3.20. The minimum Gasteiger partial charge on any atom is -0.496 e. The van der Waals surface area contributed by atoms with Gasteiger partial charge in [0, 0.05) is 23.7 Å². The smallest absolute Gasteiger partial charge is 0.237 e. The fourth-order valence-corrected chi connectivity index (χ4v) is 2.95. The molecule has 0 aromatic heterocycles. The maximum absolute atomic E-state index is 13.7. The Balaban J connectivity index is 1.60. The van der Waals surface area contributed by atoms with Crippen LogP contribution in [-0.2, 0) is 17.9 Å². The van der Waals surface area contributed by atoms with Crippen LogP contribution in [0.2, 0.25) is 0 Å². The first kappa shape index (κ1) is 18.2. The molecule has 1 aliphatic heterocycles. The first-order valence-electron chi connectivity index (χ1n) is 8.71. The summed E-state index contributed by atoms with van der Waals surface area (Å²) in [5.74, 6) is 0.914. The molecule has 1 aliphatic rings. The van der Waals surface area contributed by atoms with E-state index >= 15 is 0 Å². The lowest BCUT2D eigenvalue weighted by Crippen LogP contribution is -2.40. The molecule has 2 aromatic carbocycles. The molecule has 1 saturated heterocycles. The van der Waals surface area contributed by atoms with Gasteiger partial charge in [0.25, 0.3) is 0 Å². The van der Waals surface area contributed by atoms with E-state index in [9.17, 15) is 9.18 Å². The molecule has 2 N–H and O–H groups in total. The van der Waals surface area contributed by atoms with Crippen molar-refractivity contribution < 1.29 is 18.7 Å². The van der Waals surface area contributed by atoms with E-state index in [4.69, 9.17) is 9.47 Å². The van der Waals surface area contributed by atoms with Crippen molar-refractivity contribution in [2.45, 2.75) is 32.0 Å². The molecule has 1 amide bonds. The zero-order valence-corrected chi connectivity index (χ0v) is 14.8. The summed E-state index contributed by atoms with van der Waals surface area (Å²) >= 11 is 0. The summed E-state index contributed by atoms with van der Waals surface area (Å²) in [6, 6.07) is 11.8. The van der Waals surface area contributed by atoms with Gasteiger partial charge in [-0.1, -0.05) is 18.2 Å². The first-order chi connectivity index (χ1) is 12.7. The Morgan fingerprint density at radius 2 is 2.12 bits per heavy atom. The van der Waals surface area contributed by atoms with Gasteiger partial charge in [-0.15, -0.1) is 0 Å². The number of hydrogen-bond acceptors (Lipinski definition) is 4. The Morgan fingerprint density at radius 1 is 1.27 bits per heavy atom. The monoisotopic (exact) mass is 358 g/mol. The fourth-order valence-electron chi connectivity index (χ4n) is 2.95. The zero-order chi connectivity index (χ0) is 18.4. The van der Waals surface area contributed by atoms with Crippen molar-refractivity contribution in [1.29, 1.82) is 0 Å². The Labute approximate surface area is 152 Å². The molecule has 26 heavy (non-hydrogen) atoms. The highest BCUT2D eigenvalue weighted by Gasteiger charge is 2.21. The van der Waals surface area contributed by atoms with Gasteiger partial charge in [-0.3, -0.25) is 4.79 Å². The van der Waals surface area contributed by atoms with Crippen LogP contribution >= 0.6 is 0 Å². The number of methoxy groups -OCH3 is 1. The van der Waals surface area contributed by atoms with Crippen LogP contribution in [0.3, 0.4) is 0 Å². The lowest BCUT2D eigenvalue weighted by molar-refractivity contribution is -0.122. The molecule has 3 rings (SSSR count). The molecule has 5 nitrogen and oxygen atoms in total. The lowest BCUT2D eigenvalue weighted by Gasteiger charge is -2.14. The number of carbonyl (C=O) groups excluding carboxylic acids is 1. The van der Waals surface area contributed by atoms with E-state index in [1.165, 1.54) is 6.07 Å². The molecular formula is C20H23FN2O3. The maximum atomic E-state index is 13.7. The van der Waals surface area contributed by atoms with Gasteiger partial charge in [-0.25, -0.2) is 4.39 Å². The maximum Gasteiger partial charge on any atom is 0.237 e. The van der Waals surface area contributed by atoms with Gasteiger partial charge in [-0.2, -0.15) is 0 Å². The van der Waals surface area contributed by atoms with Gasteiger partial charge in [0.15, 0.2) is 0 Å². The number of nitrogens with one attached hydrogen (secondary N) is 2. The Bertz CT molecular complexity index is 760. The van der Waals surface area contributed by atoms with Gasteiger partial charge in [0.05, 0.1) is 13.2 Å². The summed E-state index contributed by atoms with van der Waals surface area (Å²) in [5, 5.41) is 6.10. The Morgan fingerprint density at radius 3 is 2.85 bits per heavy atom. The van der Waals surface area contributed by atoms with Crippen molar-refractivity contribution in [2.24, 2.45) is 0 Å². The highest BCUT2D eigenvalue weighted by atomic mass is 19.1. The van der Waals surface area contributed by atoms with Crippen LogP contribution in [-0.4, -0.2) is 25.6 Å². The molecule has 1 fully saturated rings. The van der Waals surface area contributed by atoms with E-state index in [1.807, 2.05) is 6.07 Å². The van der Waals surface area contributed by atoms with Crippen LogP contribution in [0.5, 0.6) is 11.5 Å². The van der Waals surface area contributed by atoms with Crippen molar-refractivity contribution in [2.75, 3.05) is 13.7 Å². The third-order valence-electron chi connectivity index (χ3n) is 4.44. The second-order valence-electron chi connectivity index (χ2n) is 6.22. The Hall–Kier alpha value is -2.60. The summed E-state index contributed by atoms with van der Waals surface area (Å²) in [5.41, 5.74) is 1.35. The molecule has 1 atom stereocenters. The average molecular weight is 358 g/mol. The zero-order valence-electron chi connectivity index (χ0n) is 14.8. The predicted molar refractivity (Wildman–Crippen MR) is 96.6 cm³/mol. The molecule has 0 bridgehead atoms. The van der Waals surface area contributed by atoms with E-state index in [1.54, 1.807) is 37.4 Å². The first-order valence-corrected chi connectivity index (χ1v) is 8.71. The van der Waals surface area contributed by atoms with Crippen molar-refractivity contribution in [3.05, 3.63) is 59.4 Å². The van der Waals surface area contributed by atoms with E-state index in [0.717, 1.165) is 24.9 Å². The number of rotatable bonds is 7. The van der Waals surface area contributed by atoms with Gasteiger partial charge >= 0.3 is 0 Å². The predicted octanol–water partition coefficient (Wildman–Crippen LogP) is 2.78. The van der Waals surface area contributed by atoms with Gasteiger partial charge in [0.2, 0.25) is 5.91 Å². The van der Waals surface area contributed by atoms with Crippen LogP contribution in [0.25, 0.3) is 0 Å². The topological polar surface area (TPSA) is 59.6 Å².